The van der Waals surface area contributed by atoms with Gasteiger partial charge in [0.05, 0.1) is 6.54 Å². The van der Waals surface area contributed by atoms with Crippen LogP contribution in [0.3, 0.4) is 0 Å². The predicted molar refractivity (Wildman–Crippen MR) is 70.3 cm³/mol. The first-order valence-corrected chi connectivity index (χ1v) is 6.66. The molecular weight excluding hydrogens is 274 g/mol. The van der Waals surface area contributed by atoms with Crippen LogP contribution in [0.1, 0.15) is 24.6 Å². The number of unbranched alkanes of at least 4 members (excludes halogenated alkanes) is 1. The lowest BCUT2D eigenvalue weighted by Gasteiger charge is -2.03. The van der Waals surface area contributed by atoms with Crippen LogP contribution in [0.15, 0.2) is 20.9 Å². The third-order valence-electron chi connectivity index (χ3n) is 1.86. The predicted octanol–water partition coefficient (Wildman–Crippen LogP) is 2.72. The molecule has 0 spiro atoms. The van der Waals surface area contributed by atoms with Crippen LogP contribution in [0, 0.1) is 0 Å². The van der Waals surface area contributed by atoms with Gasteiger partial charge in [-0.1, -0.05) is 13.3 Å². The fourth-order valence-electron chi connectivity index (χ4n) is 1.05. The Hall–Kier alpha value is -0.550. The average molecular weight is 290 g/mol. The SMILES string of the molecule is CCCCNC(N)=NCc1cc(Br)cs1. The first kappa shape index (κ1) is 12.5. The molecule has 0 fully saturated rings. The number of guanidine groups is 1. The molecule has 0 aliphatic rings. The number of hydrogen-bond acceptors (Lipinski definition) is 2. The minimum absolute atomic E-state index is 0.535. The first-order valence-electron chi connectivity index (χ1n) is 4.99. The highest BCUT2D eigenvalue weighted by molar-refractivity contribution is 9.10. The van der Waals surface area contributed by atoms with Crippen molar-refractivity contribution in [2.75, 3.05) is 6.54 Å². The van der Waals surface area contributed by atoms with E-state index in [0.29, 0.717) is 12.5 Å². The molecule has 1 heterocycles. The summed E-state index contributed by atoms with van der Waals surface area (Å²) in [7, 11) is 0. The third kappa shape index (κ3) is 5.18. The number of nitrogens with two attached hydrogens (primary N) is 1. The second kappa shape index (κ2) is 6.85. The van der Waals surface area contributed by atoms with Crippen molar-refractivity contribution in [3.8, 4) is 0 Å². The van der Waals surface area contributed by atoms with Crippen LogP contribution in [-0.2, 0) is 6.54 Å². The van der Waals surface area contributed by atoms with E-state index >= 15 is 0 Å². The Labute approximate surface area is 103 Å². The van der Waals surface area contributed by atoms with E-state index in [1.165, 1.54) is 4.88 Å². The molecule has 5 heteroatoms. The maximum Gasteiger partial charge on any atom is 0.188 e. The van der Waals surface area contributed by atoms with Crippen LogP contribution in [0.2, 0.25) is 0 Å². The molecule has 3 nitrogen and oxygen atoms in total. The molecule has 0 radical (unpaired) electrons. The normalized spacial score (nSPS) is 11.7. The van der Waals surface area contributed by atoms with Crippen molar-refractivity contribution in [3.63, 3.8) is 0 Å². The lowest BCUT2D eigenvalue weighted by atomic mass is 10.3. The molecule has 1 aromatic rings. The Balaban J connectivity index is 2.30. The summed E-state index contributed by atoms with van der Waals surface area (Å²) in [6, 6.07) is 2.06. The second-order valence-corrected chi connectivity index (χ2v) is 5.12. The van der Waals surface area contributed by atoms with Crippen molar-refractivity contribution in [1.82, 2.24) is 5.32 Å². The zero-order valence-electron chi connectivity index (χ0n) is 8.79. The quantitative estimate of drug-likeness (QED) is 0.497. The first-order chi connectivity index (χ1) is 7.22. The lowest BCUT2D eigenvalue weighted by molar-refractivity contribution is 0.748. The Bertz CT molecular complexity index is 322. The highest BCUT2D eigenvalue weighted by Gasteiger charge is 1.96. The van der Waals surface area contributed by atoms with Crippen molar-refractivity contribution in [2.45, 2.75) is 26.3 Å². The van der Waals surface area contributed by atoms with Crippen molar-refractivity contribution < 1.29 is 0 Å². The van der Waals surface area contributed by atoms with Gasteiger partial charge in [-0.3, -0.25) is 0 Å². The van der Waals surface area contributed by atoms with Gasteiger partial charge in [-0.15, -0.1) is 11.3 Å². The third-order valence-corrected chi connectivity index (χ3v) is 3.55. The minimum atomic E-state index is 0.535. The van der Waals surface area contributed by atoms with Crippen LogP contribution in [0.5, 0.6) is 0 Å². The standard InChI is InChI=1S/C10H16BrN3S/c1-2-3-4-13-10(12)14-6-9-5-8(11)7-15-9/h5,7H,2-4,6H2,1H3,(H3,12,13,14). The molecule has 0 unspecified atom stereocenters. The highest BCUT2D eigenvalue weighted by atomic mass is 79.9. The van der Waals surface area contributed by atoms with E-state index in [1.807, 2.05) is 5.38 Å². The second-order valence-electron chi connectivity index (χ2n) is 3.21. The van der Waals surface area contributed by atoms with E-state index in [9.17, 15) is 0 Å². The summed E-state index contributed by atoms with van der Waals surface area (Å²) in [6.45, 7) is 3.71. The smallest absolute Gasteiger partial charge is 0.188 e. The largest absolute Gasteiger partial charge is 0.370 e. The summed E-state index contributed by atoms with van der Waals surface area (Å²) in [5.41, 5.74) is 5.70. The van der Waals surface area contributed by atoms with E-state index in [-0.39, 0.29) is 0 Å². The van der Waals surface area contributed by atoms with Gasteiger partial charge in [0.2, 0.25) is 0 Å². The summed E-state index contributed by atoms with van der Waals surface area (Å²) >= 11 is 5.09. The van der Waals surface area contributed by atoms with Gasteiger partial charge in [0.15, 0.2) is 5.96 Å². The van der Waals surface area contributed by atoms with Gasteiger partial charge in [0.1, 0.15) is 0 Å². The maximum atomic E-state index is 5.70. The van der Waals surface area contributed by atoms with Gasteiger partial charge in [-0.2, -0.15) is 0 Å². The highest BCUT2D eigenvalue weighted by Crippen LogP contribution is 2.20. The van der Waals surface area contributed by atoms with Gasteiger partial charge in [-0.25, -0.2) is 4.99 Å². The van der Waals surface area contributed by atoms with Crippen molar-refractivity contribution in [1.29, 1.82) is 0 Å². The fraction of sp³-hybridized carbons (Fsp3) is 0.500. The van der Waals surface area contributed by atoms with Gasteiger partial charge in [0.25, 0.3) is 0 Å². The molecule has 0 aliphatic carbocycles. The number of hydrogen-bond donors (Lipinski definition) is 2. The van der Waals surface area contributed by atoms with Crippen LogP contribution in [-0.4, -0.2) is 12.5 Å². The van der Waals surface area contributed by atoms with Gasteiger partial charge in [0, 0.05) is 21.3 Å². The molecule has 0 amide bonds. The molecule has 1 aromatic heterocycles. The molecule has 0 aliphatic heterocycles. The Morgan fingerprint density at radius 1 is 1.67 bits per heavy atom. The van der Waals surface area contributed by atoms with Crippen LogP contribution in [0.25, 0.3) is 0 Å². The monoisotopic (exact) mass is 289 g/mol. The van der Waals surface area contributed by atoms with E-state index < -0.39 is 0 Å². The average Bonchev–Trinajstić information content (AvgIpc) is 2.62. The van der Waals surface area contributed by atoms with E-state index in [0.717, 1.165) is 23.9 Å². The molecule has 0 saturated carbocycles. The summed E-state index contributed by atoms with van der Waals surface area (Å²) < 4.78 is 1.11. The summed E-state index contributed by atoms with van der Waals surface area (Å²) in [5.74, 6) is 0.535. The zero-order valence-corrected chi connectivity index (χ0v) is 11.2. The number of aliphatic imine (C=N–C) groups is 1. The van der Waals surface area contributed by atoms with Crippen LogP contribution in [0.4, 0.5) is 0 Å². The number of thiophene rings is 1. The molecule has 0 aromatic carbocycles. The molecule has 1 rings (SSSR count). The molecular formula is C10H16BrN3S. The molecule has 3 N–H and O–H groups in total. The Kier molecular flexibility index (Phi) is 5.71. The number of rotatable bonds is 5. The zero-order chi connectivity index (χ0) is 11.1. The topological polar surface area (TPSA) is 50.4 Å². The lowest BCUT2D eigenvalue weighted by Crippen LogP contribution is -2.32. The minimum Gasteiger partial charge on any atom is -0.370 e. The Morgan fingerprint density at radius 2 is 2.47 bits per heavy atom. The summed E-state index contributed by atoms with van der Waals surface area (Å²) in [4.78, 5) is 5.46. The van der Waals surface area contributed by atoms with Crippen molar-refractivity contribution in [2.24, 2.45) is 10.7 Å². The van der Waals surface area contributed by atoms with Crippen molar-refractivity contribution >= 4 is 33.2 Å². The van der Waals surface area contributed by atoms with Gasteiger partial charge < -0.3 is 11.1 Å². The van der Waals surface area contributed by atoms with Crippen LogP contribution < -0.4 is 11.1 Å². The van der Waals surface area contributed by atoms with E-state index in [1.54, 1.807) is 11.3 Å². The summed E-state index contributed by atoms with van der Waals surface area (Å²) in [5, 5.41) is 5.13. The molecule has 0 saturated heterocycles. The number of halogens is 1. The molecule has 15 heavy (non-hydrogen) atoms. The van der Waals surface area contributed by atoms with Crippen molar-refractivity contribution in [3.05, 3.63) is 20.8 Å². The van der Waals surface area contributed by atoms with E-state index in [2.05, 4.69) is 39.2 Å². The Morgan fingerprint density at radius 3 is 3.07 bits per heavy atom. The number of nitrogens with zero attached hydrogens (tertiary/aromatic N) is 1. The fourth-order valence-corrected chi connectivity index (χ4v) is 2.42. The van der Waals surface area contributed by atoms with Gasteiger partial charge >= 0.3 is 0 Å². The molecule has 84 valence electrons. The van der Waals surface area contributed by atoms with Gasteiger partial charge in [-0.05, 0) is 28.4 Å². The molecule has 0 bridgehead atoms. The van der Waals surface area contributed by atoms with Crippen LogP contribution >= 0.6 is 27.3 Å². The number of nitrogens with one attached hydrogen (secondary N) is 1. The maximum absolute atomic E-state index is 5.70. The summed E-state index contributed by atoms with van der Waals surface area (Å²) in [6.07, 6.45) is 2.29. The molecule has 0 atom stereocenters. The van der Waals surface area contributed by atoms with E-state index in [4.69, 9.17) is 5.73 Å².